The highest BCUT2D eigenvalue weighted by molar-refractivity contribution is 6.05. The molecule has 0 saturated carbocycles. The molecule has 126 valence electrons. The zero-order valence-corrected chi connectivity index (χ0v) is 13.3. The van der Waals surface area contributed by atoms with E-state index in [-0.39, 0.29) is 17.2 Å². The zero-order chi connectivity index (χ0) is 17.6. The smallest absolute Gasteiger partial charge is 0.270 e. The fourth-order valence-electron chi connectivity index (χ4n) is 3.49. The van der Waals surface area contributed by atoms with E-state index >= 15 is 0 Å². The third kappa shape index (κ3) is 2.63. The van der Waals surface area contributed by atoms with Gasteiger partial charge < -0.3 is 10.2 Å². The molecule has 0 atom stereocenters. The molecule has 2 heterocycles. The molecule has 2 aromatic carbocycles. The van der Waals surface area contributed by atoms with E-state index in [1.54, 1.807) is 6.07 Å². The van der Waals surface area contributed by atoms with Gasteiger partial charge in [0.05, 0.1) is 10.6 Å². The number of aryl methyl sites for hydroxylation is 1. The number of carbonyl (C=O) groups is 2. The molecule has 0 spiro atoms. The van der Waals surface area contributed by atoms with Gasteiger partial charge in [-0.3, -0.25) is 19.7 Å². The van der Waals surface area contributed by atoms with E-state index in [2.05, 4.69) is 5.32 Å². The maximum absolute atomic E-state index is 12.4. The standard InChI is InChI=1S/C18H15N3O4/c22-16-5-4-11-8-14(9-12-6-7-20(16)17(11)12)19-18(23)13-2-1-3-15(10-13)21(24)25/h1-3,8-10H,4-7H2,(H,19,23). The number of nitro groups is 1. The lowest BCUT2D eigenvalue weighted by atomic mass is 9.98. The van der Waals surface area contributed by atoms with Crippen molar-refractivity contribution < 1.29 is 14.5 Å². The third-order valence-electron chi connectivity index (χ3n) is 4.63. The van der Waals surface area contributed by atoms with Gasteiger partial charge in [0.25, 0.3) is 11.6 Å². The van der Waals surface area contributed by atoms with Crippen LogP contribution in [0, 0.1) is 10.1 Å². The Morgan fingerprint density at radius 3 is 2.64 bits per heavy atom. The number of nitrogens with zero attached hydrogens (tertiary/aromatic N) is 2. The van der Waals surface area contributed by atoms with Gasteiger partial charge in [0.1, 0.15) is 0 Å². The molecule has 7 heteroatoms. The number of hydrogen-bond donors (Lipinski definition) is 1. The summed E-state index contributed by atoms with van der Waals surface area (Å²) in [4.78, 5) is 36.5. The highest BCUT2D eigenvalue weighted by Gasteiger charge is 2.31. The van der Waals surface area contributed by atoms with Crippen LogP contribution in [0.1, 0.15) is 27.9 Å². The van der Waals surface area contributed by atoms with Gasteiger partial charge in [-0.05, 0) is 42.2 Å². The first-order chi connectivity index (χ1) is 12.0. The summed E-state index contributed by atoms with van der Waals surface area (Å²) in [5.74, 6) is -0.239. The van der Waals surface area contributed by atoms with Crippen molar-refractivity contribution in [1.82, 2.24) is 0 Å². The van der Waals surface area contributed by atoms with Gasteiger partial charge in [0, 0.05) is 36.3 Å². The molecule has 2 amide bonds. The Labute approximate surface area is 143 Å². The SMILES string of the molecule is O=C(Nc1cc2c3c(c1)CCN3C(=O)CC2)c1cccc([N+](=O)[O-])c1. The Kier molecular flexibility index (Phi) is 3.49. The van der Waals surface area contributed by atoms with Crippen LogP contribution in [0.5, 0.6) is 0 Å². The van der Waals surface area contributed by atoms with Crippen molar-refractivity contribution in [2.45, 2.75) is 19.3 Å². The van der Waals surface area contributed by atoms with E-state index in [4.69, 9.17) is 0 Å². The number of anilines is 2. The summed E-state index contributed by atoms with van der Waals surface area (Å²) in [7, 11) is 0. The lowest BCUT2D eigenvalue weighted by Gasteiger charge is -2.25. The first-order valence-corrected chi connectivity index (χ1v) is 8.05. The molecule has 2 aromatic rings. The van der Waals surface area contributed by atoms with Gasteiger partial charge in [-0.25, -0.2) is 0 Å². The van der Waals surface area contributed by atoms with E-state index < -0.39 is 10.8 Å². The monoisotopic (exact) mass is 337 g/mol. The Hall–Kier alpha value is -3.22. The van der Waals surface area contributed by atoms with Gasteiger partial charge in [-0.1, -0.05) is 6.07 Å². The van der Waals surface area contributed by atoms with Crippen molar-refractivity contribution in [2.24, 2.45) is 0 Å². The number of non-ortho nitro benzene ring substituents is 1. The number of rotatable bonds is 3. The van der Waals surface area contributed by atoms with E-state index in [9.17, 15) is 19.7 Å². The van der Waals surface area contributed by atoms with E-state index in [1.807, 2.05) is 17.0 Å². The lowest BCUT2D eigenvalue weighted by Crippen LogP contribution is -2.32. The van der Waals surface area contributed by atoms with Gasteiger partial charge in [-0.15, -0.1) is 0 Å². The lowest BCUT2D eigenvalue weighted by molar-refractivity contribution is -0.384. The number of hydrogen-bond acceptors (Lipinski definition) is 4. The van der Waals surface area contributed by atoms with Crippen molar-refractivity contribution in [1.29, 1.82) is 0 Å². The number of benzene rings is 2. The predicted octanol–water partition coefficient (Wildman–Crippen LogP) is 2.68. The average Bonchev–Trinajstić information content (AvgIpc) is 3.03. The minimum absolute atomic E-state index is 0.120. The highest BCUT2D eigenvalue weighted by Crippen LogP contribution is 2.38. The third-order valence-corrected chi connectivity index (χ3v) is 4.63. The number of nitrogens with one attached hydrogen (secondary N) is 1. The van der Waals surface area contributed by atoms with Crippen LogP contribution in [0.25, 0.3) is 0 Å². The molecular formula is C18H15N3O4. The molecule has 0 unspecified atom stereocenters. The molecule has 2 aliphatic heterocycles. The van der Waals surface area contributed by atoms with Crippen molar-refractivity contribution in [3.63, 3.8) is 0 Å². The number of nitro benzene ring substituents is 1. The Bertz CT molecular complexity index is 923. The molecule has 0 aromatic heterocycles. The topological polar surface area (TPSA) is 92.6 Å². The molecular weight excluding hydrogens is 322 g/mol. The normalized spacial score (nSPS) is 15.0. The summed E-state index contributed by atoms with van der Waals surface area (Å²) in [5.41, 5.74) is 3.88. The quantitative estimate of drug-likeness (QED) is 0.688. The largest absolute Gasteiger partial charge is 0.322 e. The molecule has 0 aliphatic carbocycles. The molecule has 7 nitrogen and oxygen atoms in total. The average molecular weight is 337 g/mol. The first-order valence-electron chi connectivity index (χ1n) is 8.05. The van der Waals surface area contributed by atoms with Crippen LogP contribution < -0.4 is 10.2 Å². The summed E-state index contributed by atoms with van der Waals surface area (Å²) in [5, 5.41) is 13.7. The van der Waals surface area contributed by atoms with Gasteiger partial charge in [0.2, 0.25) is 5.91 Å². The van der Waals surface area contributed by atoms with Gasteiger partial charge in [0.15, 0.2) is 0 Å². The summed E-state index contributed by atoms with van der Waals surface area (Å²) >= 11 is 0. The molecule has 0 radical (unpaired) electrons. The molecule has 1 N–H and O–H groups in total. The molecule has 2 aliphatic rings. The van der Waals surface area contributed by atoms with Crippen LogP contribution in [0.3, 0.4) is 0 Å². The Morgan fingerprint density at radius 1 is 1.12 bits per heavy atom. The van der Waals surface area contributed by atoms with Crippen molar-refractivity contribution >= 4 is 28.9 Å². The molecule has 25 heavy (non-hydrogen) atoms. The highest BCUT2D eigenvalue weighted by atomic mass is 16.6. The summed E-state index contributed by atoms with van der Waals surface area (Å²) in [6.07, 6.45) is 1.92. The number of carbonyl (C=O) groups excluding carboxylic acids is 2. The molecule has 4 rings (SSSR count). The summed E-state index contributed by atoms with van der Waals surface area (Å²) in [6, 6.07) is 9.41. The van der Waals surface area contributed by atoms with Crippen LogP contribution in [0.4, 0.5) is 17.1 Å². The van der Waals surface area contributed by atoms with Crippen molar-refractivity contribution in [3.8, 4) is 0 Å². The van der Waals surface area contributed by atoms with Gasteiger partial charge >= 0.3 is 0 Å². The van der Waals surface area contributed by atoms with Crippen molar-refractivity contribution in [2.75, 3.05) is 16.8 Å². The molecule has 0 bridgehead atoms. The van der Waals surface area contributed by atoms with Crippen molar-refractivity contribution in [3.05, 3.63) is 63.2 Å². The van der Waals surface area contributed by atoms with Crippen LogP contribution in [-0.4, -0.2) is 23.3 Å². The maximum Gasteiger partial charge on any atom is 0.270 e. The van der Waals surface area contributed by atoms with Crippen LogP contribution in [-0.2, 0) is 17.6 Å². The molecule has 0 fully saturated rings. The van der Waals surface area contributed by atoms with E-state index in [0.29, 0.717) is 25.1 Å². The maximum atomic E-state index is 12.4. The predicted molar refractivity (Wildman–Crippen MR) is 91.9 cm³/mol. The Balaban J connectivity index is 1.62. The van der Waals surface area contributed by atoms with Gasteiger partial charge in [-0.2, -0.15) is 0 Å². The zero-order valence-electron chi connectivity index (χ0n) is 13.3. The first kappa shape index (κ1) is 15.3. The van der Waals surface area contributed by atoms with E-state index in [1.165, 1.54) is 18.2 Å². The fraction of sp³-hybridized carbons (Fsp3) is 0.222. The number of amides is 2. The van der Waals surface area contributed by atoms with Crippen LogP contribution in [0.15, 0.2) is 36.4 Å². The second-order valence-corrected chi connectivity index (χ2v) is 6.20. The molecule has 0 saturated heterocycles. The van der Waals surface area contributed by atoms with Crippen LogP contribution >= 0.6 is 0 Å². The second-order valence-electron chi connectivity index (χ2n) is 6.20. The summed E-state index contributed by atoms with van der Waals surface area (Å²) < 4.78 is 0. The Morgan fingerprint density at radius 2 is 1.88 bits per heavy atom. The summed E-state index contributed by atoms with van der Waals surface area (Å²) in [6.45, 7) is 0.684. The van der Waals surface area contributed by atoms with Crippen LogP contribution in [0.2, 0.25) is 0 Å². The van der Waals surface area contributed by atoms with E-state index in [0.717, 1.165) is 23.2 Å². The second kappa shape index (κ2) is 5.70. The minimum Gasteiger partial charge on any atom is -0.322 e. The fourth-order valence-corrected chi connectivity index (χ4v) is 3.49. The minimum atomic E-state index is -0.526.